The van der Waals surface area contributed by atoms with Crippen LogP contribution in [0.1, 0.15) is 24.4 Å². The molecule has 0 spiro atoms. The van der Waals surface area contributed by atoms with Crippen molar-refractivity contribution in [1.82, 2.24) is 4.90 Å². The number of hydrogen-bond donors (Lipinski definition) is 1. The molecule has 1 fully saturated rings. The molecule has 1 aliphatic heterocycles. The van der Waals surface area contributed by atoms with Crippen molar-refractivity contribution in [2.75, 3.05) is 26.7 Å². The largest absolute Gasteiger partial charge is 0.381 e. The Hall–Kier alpha value is -0.130. The lowest BCUT2D eigenvalue weighted by molar-refractivity contribution is 0.0280. The fourth-order valence-electron chi connectivity index (χ4n) is 2.67. The molecule has 5 heteroatoms. The van der Waals surface area contributed by atoms with E-state index in [0.717, 1.165) is 41.0 Å². The van der Waals surface area contributed by atoms with E-state index in [1.54, 1.807) is 7.11 Å². The lowest BCUT2D eigenvalue weighted by Gasteiger charge is -2.37. The quantitative estimate of drug-likeness (QED) is 0.909. The van der Waals surface area contributed by atoms with Crippen LogP contribution in [-0.2, 0) is 4.74 Å². The van der Waals surface area contributed by atoms with Gasteiger partial charge in [-0.25, -0.2) is 0 Å². The van der Waals surface area contributed by atoms with Gasteiger partial charge in [0.15, 0.2) is 0 Å². The summed E-state index contributed by atoms with van der Waals surface area (Å²) in [7, 11) is 1.78. The minimum atomic E-state index is 0.183. The third-order valence-corrected chi connectivity index (χ3v) is 4.63. The summed E-state index contributed by atoms with van der Waals surface area (Å²) in [4.78, 5) is 2.41. The number of nitrogens with two attached hydrogens (primary N) is 1. The minimum absolute atomic E-state index is 0.183. The van der Waals surface area contributed by atoms with Gasteiger partial charge in [-0.3, -0.25) is 4.90 Å². The lowest BCUT2D eigenvalue weighted by atomic mass is 10.0. The topological polar surface area (TPSA) is 38.5 Å². The van der Waals surface area contributed by atoms with E-state index in [1.165, 1.54) is 0 Å². The van der Waals surface area contributed by atoms with E-state index in [4.69, 9.17) is 22.1 Å². The Morgan fingerprint density at radius 3 is 2.74 bits per heavy atom. The Morgan fingerprint density at radius 1 is 1.47 bits per heavy atom. The average molecular weight is 348 g/mol. The zero-order valence-corrected chi connectivity index (χ0v) is 13.5. The van der Waals surface area contributed by atoms with Gasteiger partial charge in [0, 0.05) is 42.3 Å². The van der Waals surface area contributed by atoms with Crippen molar-refractivity contribution >= 4 is 27.5 Å². The van der Waals surface area contributed by atoms with Crippen molar-refractivity contribution in [2.45, 2.75) is 25.0 Å². The number of ether oxygens (including phenoxy) is 1. The summed E-state index contributed by atoms with van der Waals surface area (Å²) in [6.07, 6.45) is 2.49. The van der Waals surface area contributed by atoms with Gasteiger partial charge in [-0.1, -0.05) is 27.5 Å². The van der Waals surface area contributed by atoms with Crippen LogP contribution in [0.3, 0.4) is 0 Å². The standard InChI is InChI=1S/C14H20BrClN2O/c1-19-11-4-6-18(7-5-11)14(9-17)12-8-10(15)2-3-13(12)16/h2-3,8,11,14H,4-7,9,17H2,1H3. The van der Waals surface area contributed by atoms with Crippen molar-refractivity contribution in [2.24, 2.45) is 5.73 Å². The lowest BCUT2D eigenvalue weighted by Crippen LogP contribution is -2.41. The maximum absolute atomic E-state index is 6.32. The van der Waals surface area contributed by atoms with Gasteiger partial charge in [-0.15, -0.1) is 0 Å². The van der Waals surface area contributed by atoms with Crippen LogP contribution in [0.25, 0.3) is 0 Å². The molecule has 1 aliphatic rings. The normalized spacial score (nSPS) is 19.6. The monoisotopic (exact) mass is 346 g/mol. The van der Waals surface area contributed by atoms with Gasteiger partial charge < -0.3 is 10.5 Å². The molecule has 19 heavy (non-hydrogen) atoms. The van der Waals surface area contributed by atoms with Crippen molar-refractivity contribution in [1.29, 1.82) is 0 Å². The van der Waals surface area contributed by atoms with Gasteiger partial charge in [0.05, 0.1) is 6.10 Å². The second-order valence-corrected chi connectivity index (χ2v) is 6.21. The predicted octanol–water partition coefficient (Wildman–Crippen LogP) is 3.21. The number of likely N-dealkylation sites (tertiary alicyclic amines) is 1. The first-order valence-electron chi connectivity index (χ1n) is 6.57. The van der Waals surface area contributed by atoms with Crippen LogP contribution in [0.4, 0.5) is 0 Å². The van der Waals surface area contributed by atoms with Crippen LogP contribution < -0.4 is 5.73 Å². The van der Waals surface area contributed by atoms with Crippen molar-refractivity contribution in [3.05, 3.63) is 33.3 Å². The van der Waals surface area contributed by atoms with Crippen molar-refractivity contribution in [3.8, 4) is 0 Å². The summed E-state index contributed by atoms with van der Waals surface area (Å²) < 4.78 is 6.45. The SMILES string of the molecule is COC1CCN(C(CN)c2cc(Br)ccc2Cl)CC1. The molecule has 0 bridgehead atoms. The molecule has 3 nitrogen and oxygen atoms in total. The van der Waals surface area contributed by atoms with E-state index >= 15 is 0 Å². The fraction of sp³-hybridized carbons (Fsp3) is 0.571. The molecule has 0 aliphatic carbocycles. The Kier molecular flexibility index (Phi) is 5.66. The molecule has 106 valence electrons. The van der Waals surface area contributed by atoms with Crippen molar-refractivity contribution < 1.29 is 4.74 Å². The summed E-state index contributed by atoms with van der Waals surface area (Å²) in [6.45, 7) is 2.58. The fourth-order valence-corrected chi connectivity index (χ4v) is 3.29. The number of hydrogen-bond acceptors (Lipinski definition) is 3. The Bertz CT molecular complexity index is 422. The first kappa shape index (κ1) is 15.3. The summed E-state index contributed by atoms with van der Waals surface area (Å²) in [5, 5.41) is 0.785. The summed E-state index contributed by atoms with van der Waals surface area (Å²) in [5.41, 5.74) is 7.08. The molecule has 1 atom stereocenters. The van der Waals surface area contributed by atoms with Gasteiger partial charge in [-0.2, -0.15) is 0 Å². The molecule has 1 aromatic carbocycles. The zero-order chi connectivity index (χ0) is 13.8. The molecule has 0 saturated carbocycles. The maximum atomic E-state index is 6.32. The Morgan fingerprint density at radius 2 is 2.16 bits per heavy atom. The first-order valence-corrected chi connectivity index (χ1v) is 7.74. The van der Waals surface area contributed by atoms with E-state index in [0.29, 0.717) is 12.6 Å². The molecule has 0 amide bonds. The van der Waals surface area contributed by atoms with Gasteiger partial charge in [0.25, 0.3) is 0 Å². The Balaban J connectivity index is 2.14. The summed E-state index contributed by atoms with van der Waals surface area (Å²) >= 11 is 9.82. The number of benzene rings is 1. The van der Waals surface area contributed by atoms with E-state index in [9.17, 15) is 0 Å². The zero-order valence-electron chi connectivity index (χ0n) is 11.1. The minimum Gasteiger partial charge on any atom is -0.381 e. The van der Waals surface area contributed by atoms with Crippen molar-refractivity contribution in [3.63, 3.8) is 0 Å². The molecule has 1 aromatic rings. The van der Waals surface area contributed by atoms with Crippen LogP contribution in [0, 0.1) is 0 Å². The van der Waals surface area contributed by atoms with E-state index in [-0.39, 0.29) is 6.04 Å². The third kappa shape index (κ3) is 3.70. The van der Waals surface area contributed by atoms with E-state index in [2.05, 4.69) is 26.9 Å². The highest BCUT2D eigenvalue weighted by molar-refractivity contribution is 9.10. The number of nitrogens with zero attached hydrogens (tertiary/aromatic N) is 1. The second kappa shape index (κ2) is 7.04. The predicted molar refractivity (Wildman–Crippen MR) is 82.6 cm³/mol. The molecular formula is C14H20BrClN2O. The molecule has 0 aromatic heterocycles. The summed E-state index contributed by atoms with van der Waals surface area (Å²) in [6, 6.07) is 6.13. The number of piperidine rings is 1. The molecule has 1 unspecified atom stereocenters. The van der Waals surface area contributed by atoms with E-state index < -0.39 is 0 Å². The summed E-state index contributed by atoms with van der Waals surface area (Å²) in [5.74, 6) is 0. The average Bonchev–Trinajstić information content (AvgIpc) is 2.44. The molecule has 0 radical (unpaired) electrons. The van der Waals surface area contributed by atoms with Crippen LogP contribution in [0.2, 0.25) is 5.02 Å². The molecule has 1 heterocycles. The molecule has 2 N–H and O–H groups in total. The van der Waals surface area contributed by atoms with E-state index in [1.807, 2.05) is 12.1 Å². The smallest absolute Gasteiger partial charge is 0.0595 e. The van der Waals surface area contributed by atoms with Gasteiger partial charge in [-0.05, 0) is 36.6 Å². The Labute approximate surface area is 128 Å². The van der Waals surface area contributed by atoms with Crippen LogP contribution in [0.15, 0.2) is 22.7 Å². The van der Waals surface area contributed by atoms with Crippen LogP contribution in [-0.4, -0.2) is 37.7 Å². The first-order chi connectivity index (χ1) is 9.15. The van der Waals surface area contributed by atoms with Crippen LogP contribution in [0.5, 0.6) is 0 Å². The molecule has 2 rings (SSSR count). The number of methoxy groups -OCH3 is 1. The van der Waals surface area contributed by atoms with Crippen LogP contribution >= 0.6 is 27.5 Å². The molecular weight excluding hydrogens is 328 g/mol. The highest BCUT2D eigenvalue weighted by atomic mass is 79.9. The molecule has 1 saturated heterocycles. The third-order valence-electron chi connectivity index (χ3n) is 3.79. The number of rotatable bonds is 4. The number of halogens is 2. The maximum Gasteiger partial charge on any atom is 0.0595 e. The second-order valence-electron chi connectivity index (χ2n) is 4.89. The van der Waals surface area contributed by atoms with Gasteiger partial charge >= 0.3 is 0 Å². The van der Waals surface area contributed by atoms with Gasteiger partial charge in [0.1, 0.15) is 0 Å². The highest BCUT2D eigenvalue weighted by Gasteiger charge is 2.26. The highest BCUT2D eigenvalue weighted by Crippen LogP contribution is 2.31. The van der Waals surface area contributed by atoms with Gasteiger partial charge in [0.2, 0.25) is 0 Å².